The van der Waals surface area contributed by atoms with E-state index in [1.54, 1.807) is 7.11 Å². The molecule has 108 valence electrons. The number of methoxy groups -OCH3 is 1. The predicted molar refractivity (Wildman–Crippen MR) is 84.2 cm³/mol. The predicted octanol–water partition coefficient (Wildman–Crippen LogP) is 1.98. The maximum Gasteiger partial charge on any atom is 0.123 e. The Bertz CT molecular complexity index is 507. The number of thioether (sulfide) groups is 1. The number of hydrogen-bond donors (Lipinski definition) is 1. The van der Waals surface area contributed by atoms with Gasteiger partial charge in [0.15, 0.2) is 0 Å². The monoisotopic (exact) mass is 291 g/mol. The van der Waals surface area contributed by atoms with Gasteiger partial charge in [-0.25, -0.2) is 0 Å². The molecule has 0 bridgehead atoms. The molecule has 1 aliphatic heterocycles. The summed E-state index contributed by atoms with van der Waals surface area (Å²) in [5.41, 5.74) is 2.09. The quantitative estimate of drug-likeness (QED) is 0.863. The first kappa shape index (κ1) is 15.2. The maximum absolute atomic E-state index is 8.78. The molecular weight excluding hydrogens is 270 g/mol. The van der Waals surface area contributed by atoms with Crippen molar-refractivity contribution in [2.75, 3.05) is 31.8 Å². The number of ether oxygens (including phenoxy) is 1. The molecule has 1 heterocycles. The fourth-order valence-corrected chi connectivity index (χ4v) is 3.42. The first-order valence-corrected chi connectivity index (χ1v) is 7.98. The molecule has 2 rings (SSSR count). The molecule has 1 aromatic carbocycles. The van der Waals surface area contributed by atoms with Crippen molar-refractivity contribution in [3.8, 4) is 17.6 Å². The minimum atomic E-state index is -0.109. The van der Waals surface area contributed by atoms with E-state index < -0.39 is 0 Å². The van der Waals surface area contributed by atoms with Gasteiger partial charge < -0.3 is 9.84 Å². The smallest absolute Gasteiger partial charge is 0.123 e. The Labute approximate surface area is 125 Å². The molecule has 3 nitrogen and oxygen atoms in total. The van der Waals surface area contributed by atoms with Crippen molar-refractivity contribution in [1.82, 2.24) is 4.90 Å². The Morgan fingerprint density at radius 3 is 3.05 bits per heavy atom. The van der Waals surface area contributed by atoms with Crippen molar-refractivity contribution in [1.29, 1.82) is 0 Å². The molecule has 0 radical (unpaired) electrons. The summed E-state index contributed by atoms with van der Waals surface area (Å²) in [5, 5.41) is 8.78. The lowest BCUT2D eigenvalue weighted by Gasteiger charge is -2.33. The van der Waals surface area contributed by atoms with Crippen LogP contribution in [0.2, 0.25) is 0 Å². The van der Waals surface area contributed by atoms with Gasteiger partial charge in [-0.15, -0.1) is 0 Å². The molecule has 1 unspecified atom stereocenters. The van der Waals surface area contributed by atoms with E-state index in [4.69, 9.17) is 9.84 Å². The van der Waals surface area contributed by atoms with E-state index in [2.05, 4.69) is 29.7 Å². The number of aliphatic hydroxyl groups excluding tert-OH is 1. The second kappa shape index (κ2) is 7.58. The third kappa shape index (κ3) is 3.92. The van der Waals surface area contributed by atoms with Crippen LogP contribution in [0.1, 0.15) is 18.1 Å². The zero-order valence-electron chi connectivity index (χ0n) is 12.1. The van der Waals surface area contributed by atoms with Gasteiger partial charge >= 0.3 is 0 Å². The van der Waals surface area contributed by atoms with Crippen molar-refractivity contribution in [2.45, 2.75) is 19.5 Å². The SMILES string of the molecule is COc1ccc(C#CCO)cc1CN1CCSCC1C. The average Bonchev–Trinajstić information content (AvgIpc) is 2.48. The van der Waals surface area contributed by atoms with Crippen LogP contribution < -0.4 is 4.74 Å². The Kier molecular flexibility index (Phi) is 5.78. The average molecular weight is 291 g/mol. The van der Waals surface area contributed by atoms with E-state index in [-0.39, 0.29) is 6.61 Å². The summed E-state index contributed by atoms with van der Waals surface area (Å²) in [4.78, 5) is 2.48. The van der Waals surface area contributed by atoms with Crippen LogP contribution in [-0.2, 0) is 6.54 Å². The van der Waals surface area contributed by atoms with Crippen LogP contribution in [-0.4, -0.2) is 47.8 Å². The number of benzene rings is 1. The lowest BCUT2D eigenvalue weighted by atomic mass is 10.1. The van der Waals surface area contributed by atoms with Crippen LogP contribution in [0.4, 0.5) is 0 Å². The fourth-order valence-electron chi connectivity index (χ4n) is 2.34. The molecule has 1 aliphatic rings. The second-order valence-corrected chi connectivity index (χ2v) is 6.03. The third-order valence-electron chi connectivity index (χ3n) is 3.47. The highest BCUT2D eigenvalue weighted by molar-refractivity contribution is 7.99. The van der Waals surface area contributed by atoms with Crippen LogP contribution in [0.25, 0.3) is 0 Å². The fraction of sp³-hybridized carbons (Fsp3) is 0.500. The van der Waals surface area contributed by atoms with Crippen molar-refractivity contribution in [3.05, 3.63) is 29.3 Å². The van der Waals surface area contributed by atoms with Gasteiger partial charge in [0.2, 0.25) is 0 Å². The molecule has 4 heteroatoms. The molecule has 1 N–H and O–H groups in total. The lowest BCUT2D eigenvalue weighted by molar-refractivity contribution is 0.221. The highest BCUT2D eigenvalue weighted by Crippen LogP contribution is 2.25. The summed E-state index contributed by atoms with van der Waals surface area (Å²) in [5.74, 6) is 8.93. The Hall–Kier alpha value is -1.15. The van der Waals surface area contributed by atoms with Gasteiger partial charge in [-0.1, -0.05) is 11.8 Å². The number of rotatable bonds is 3. The van der Waals surface area contributed by atoms with Gasteiger partial charge in [0.05, 0.1) is 7.11 Å². The summed E-state index contributed by atoms with van der Waals surface area (Å²) in [7, 11) is 1.70. The second-order valence-electron chi connectivity index (χ2n) is 4.88. The first-order chi connectivity index (χ1) is 9.74. The van der Waals surface area contributed by atoms with Crippen molar-refractivity contribution in [3.63, 3.8) is 0 Å². The van der Waals surface area contributed by atoms with E-state index in [1.807, 2.05) is 23.9 Å². The van der Waals surface area contributed by atoms with Gasteiger partial charge in [-0.2, -0.15) is 11.8 Å². The first-order valence-electron chi connectivity index (χ1n) is 6.83. The van der Waals surface area contributed by atoms with E-state index in [0.717, 1.165) is 30.0 Å². The van der Waals surface area contributed by atoms with Crippen molar-refractivity contribution < 1.29 is 9.84 Å². The Morgan fingerprint density at radius 1 is 1.50 bits per heavy atom. The molecule has 1 saturated heterocycles. The molecule has 1 aromatic rings. The molecule has 1 atom stereocenters. The zero-order chi connectivity index (χ0) is 14.4. The van der Waals surface area contributed by atoms with Crippen molar-refractivity contribution in [2.24, 2.45) is 0 Å². The molecule has 1 fully saturated rings. The summed E-state index contributed by atoms with van der Waals surface area (Å²) in [6, 6.07) is 6.54. The Balaban J connectivity index is 2.19. The van der Waals surface area contributed by atoms with Gasteiger partial charge in [-0.05, 0) is 25.1 Å². The summed E-state index contributed by atoms with van der Waals surface area (Å²) in [6.07, 6.45) is 0. The molecule has 0 saturated carbocycles. The highest BCUT2D eigenvalue weighted by atomic mass is 32.2. The summed E-state index contributed by atoms with van der Waals surface area (Å²) in [6.45, 7) is 4.16. The van der Waals surface area contributed by atoms with Crippen LogP contribution >= 0.6 is 11.8 Å². The minimum Gasteiger partial charge on any atom is -0.496 e. The standard InChI is InChI=1S/C16H21NO2S/c1-13-12-20-9-7-17(13)11-15-10-14(4-3-8-18)5-6-16(15)19-2/h5-6,10,13,18H,7-9,11-12H2,1-2H3. The van der Waals surface area contributed by atoms with Gasteiger partial charge in [0.25, 0.3) is 0 Å². The van der Waals surface area contributed by atoms with Crippen LogP contribution in [0.5, 0.6) is 5.75 Å². The van der Waals surface area contributed by atoms with Crippen LogP contribution in [0, 0.1) is 11.8 Å². The zero-order valence-corrected chi connectivity index (χ0v) is 12.9. The minimum absolute atomic E-state index is 0.109. The van der Waals surface area contributed by atoms with E-state index >= 15 is 0 Å². The van der Waals surface area contributed by atoms with Gasteiger partial charge in [0, 0.05) is 41.8 Å². The van der Waals surface area contributed by atoms with Crippen molar-refractivity contribution >= 4 is 11.8 Å². The topological polar surface area (TPSA) is 32.7 Å². The number of aliphatic hydroxyl groups is 1. The van der Waals surface area contributed by atoms with Gasteiger partial charge in [-0.3, -0.25) is 4.90 Å². The summed E-state index contributed by atoms with van der Waals surface area (Å²) >= 11 is 2.02. The van der Waals surface area contributed by atoms with Gasteiger partial charge in [0.1, 0.15) is 12.4 Å². The normalized spacial score (nSPS) is 19.2. The van der Waals surface area contributed by atoms with Crippen LogP contribution in [0.15, 0.2) is 18.2 Å². The number of nitrogens with zero attached hydrogens (tertiary/aromatic N) is 1. The molecule has 20 heavy (non-hydrogen) atoms. The highest BCUT2D eigenvalue weighted by Gasteiger charge is 2.19. The van der Waals surface area contributed by atoms with E-state index in [0.29, 0.717) is 6.04 Å². The largest absolute Gasteiger partial charge is 0.496 e. The maximum atomic E-state index is 8.78. The molecule has 0 spiro atoms. The third-order valence-corrected chi connectivity index (χ3v) is 4.66. The van der Waals surface area contributed by atoms with Crippen LogP contribution in [0.3, 0.4) is 0 Å². The molecule has 0 aliphatic carbocycles. The van der Waals surface area contributed by atoms with E-state index in [9.17, 15) is 0 Å². The molecular formula is C16H21NO2S. The molecule has 0 amide bonds. The van der Waals surface area contributed by atoms with E-state index in [1.165, 1.54) is 11.5 Å². The summed E-state index contributed by atoms with van der Waals surface area (Å²) < 4.78 is 5.45. The lowest BCUT2D eigenvalue weighted by Crippen LogP contribution is -2.39. The molecule has 0 aromatic heterocycles. The number of hydrogen-bond acceptors (Lipinski definition) is 4. The Morgan fingerprint density at radius 2 is 2.35 bits per heavy atom.